The van der Waals surface area contributed by atoms with Crippen molar-refractivity contribution in [3.05, 3.63) is 101 Å². The average molecular weight is 604 g/mol. The number of anilines is 1. The summed E-state index contributed by atoms with van der Waals surface area (Å²) >= 11 is 0. The smallest absolute Gasteiger partial charge is 0.243 e. The standard InChI is InChI=1S/C35H45N3O4S/c1-26-12-10-15-30(22-26)25-37(33(24-29-13-6-5-7-14-29)35(40)36-31-16-8-9-17-31)34(39)18-11-21-38(43(4,41)42)32-20-19-27(2)28(3)23-32/h5-7,10,12-15,19-20,22-23,31,33H,8-9,11,16-18,21,24-25H2,1-4H3,(H,36,40)/t33-/m0/s1. The Labute approximate surface area is 257 Å². The molecular weight excluding hydrogens is 558 g/mol. The number of sulfonamides is 1. The van der Waals surface area contributed by atoms with Gasteiger partial charge in [-0.05, 0) is 74.4 Å². The molecule has 3 aromatic carbocycles. The maximum atomic E-state index is 14.1. The largest absolute Gasteiger partial charge is 0.352 e. The first-order valence-electron chi connectivity index (χ1n) is 15.3. The lowest BCUT2D eigenvalue weighted by molar-refractivity contribution is -0.141. The van der Waals surface area contributed by atoms with Crippen LogP contribution >= 0.6 is 0 Å². The number of carbonyl (C=O) groups excluding carboxylic acids is 2. The maximum Gasteiger partial charge on any atom is 0.243 e. The van der Waals surface area contributed by atoms with E-state index in [2.05, 4.69) is 5.32 Å². The second-order valence-electron chi connectivity index (χ2n) is 11.9. The van der Waals surface area contributed by atoms with Crippen LogP contribution in [-0.4, -0.2) is 50.0 Å². The third-order valence-corrected chi connectivity index (χ3v) is 9.53. The first-order valence-corrected chi connectivity index (χ1v) is 17.1. The highest BCUT2D eigenvalue weighted by molar-refractivity contribution is 7.92. The SMILES string of the molecule is Cc1cccc(CN(C(=O)CCCN(c2ccc(C)c(C)c2)S(C)(=O)=O)[C@@H](Cc2ccccc2)C(=O)NC2CCCC2)c1. The van der Waals surface area contributed by atoms with Gasteiger partial charge in [0.1, 0.15) is 6.04 Å². The predicted molar refractivity (Wildman–Crippen MR) is 173 cm³/mol. The van der Waals surface area contributed by atoms with Crippen molar-refractivity contribution in [2.75, 3.05) is 17.1 Å². The van der Waals surface area contributed by atoms with E-state index < -0.39 is 16.1 Å². The van der Waals surface area contributed by atoms with E-state index in [1.54, 1.807) is 11.0 Å². The zero-order chi connectivity index (χ0) is 31.0. The number of aryl methyl sites for hydroxylation is 3. The molecule has 1 atom stereocenters. The molecule has 0 radical (unpaired) electrons. The van der Waals surface area contributed by atoms with Crippen molar-refractivity contribution in [2.45, 2.75) is 84.3 Å². The molecule has 4 rings (SSSR count). The summed E-state index contributed by atoms with van der Waals surface area (Å²) in [6, 6.07) is 22.8. The minimum Gasteiger partial charge on any atom is -0.352 e. The molecule has 1 aliphatic rings. The second kappa shape index (κ2) is 14.7. The Balaban J connectivity index is 1.59. The Kier molecular flexibility index (Phi) is 11.0. The summed E-state index contributed by atoms with van der Waals surface area (Å²) < 4.78 is 26.9. The molecule has 0 spiro atoms. The highest BCUT2D eigenvalue weighted by Crippen LogP contribution is 2.24. The molecule has 1 aliphatic carbocycles. The number of nitrogens with one attached hydrogen (secondary N) is 1. The molecule has 43 heavy (non-hydrogen) atoms. The van der Waals surface area contributed by atoms with Gasteiger partial charge in [0, 0.05) is 32.0 Å². The van der Waals surface area contributed by atoms with Crippen LogP contribution in [0.15, 0.2) is 72.8 Å². The molecule has 1 saturated carbocycles. The van der Waals surface area contributed by atoms with Gasteiger partial charge < -0.3 is 10.2 Å². The van der Waals surface area contributed by atoms with Gasteiger partial charge in [-0.1, -0.05) is 79.1 Å². The van der Waals surface area contributed by atoms with Gasteiger partial charge in [-0.25, -0.2) is 8.42 Å². The van der Waals surface area contributed by atoms with Crippen molar-refractivity contribution < 1.29 is 18.0 Å². The molecule has 2 amide bonds. The molecule has 3 aromatic rings. The second-order valence-corrected chi connectivity index (χ2v) is 13.8. The number of rotatable bonds is 13. The number of carbonyl (C=O) groups is 2. The van der Waals surface area contributed by atoms with Crippen LogP contribution in [0, 0.1) is 20.8 Å². The van der Waals surface area contributed by atoms with Crippen molar-refractivity contribution in [3.63, 3.8) is 0 Å². The molecule has 230 valence electrons. The van der Waals surface area contributed by atoms with Gasteiger partial charge in [-0.2, -0.15) is 0 Å². The van der Waals surface area contributed by atoms with Crippen LogP contribution < -0.4 is 9.62 Å². The van der Waals surface area contributed by atoms with Crippen LogP contribution in [0.25, 0.3) is 0 Å². The summed E-state index contributed by atoms with van der Waals surface area (Å²) in [5.74, 6) is -0.304. The monoisotopic (exact) mass is 603 g/mol. The normalized spacial score (nSPS) is 14.3. The summed E-state index contributed by atoms with van der Waals surface area (Å²) in [6.07, 6.45) is 6.13. The first kappa shape index (κ1) is 32.3. The third kappa shape index (κ3) is 9.17. The summed E-state index contributed by atoms with van der Waals surface area (Å²) in [7, 11) is -3.56. The van der Waals surface area contributed by atoms with Crippen LogP contribution in [0.2, 0.25) is 0 Å². The third-order valence-electron chi connectivity index (χ3n) is 8.34. The topological polar surface area (TPSA) is 86.8 Å². The predicted octanol–water partition coefficient (Wildman–Crippen LogP) is 5.86. The zero-order valence-electron chi connectivity index (χ0n) is 25.9. The number of amides is 2. The lowest BCUT2D eigenvalue weighted by Crippen LogP contribution is -2.52. The number of hydrogen-bond donors (Lipinski definition) is 1. The zero-order valence-corrected chi connectivity index (χ0v) is 26.7. The van der Waals surface area contributed by atoms with Crippen molar-refractivity contribution in [1.82, 2.24) is 10.2 Å². The fourth-order valence-corrected chi connectivity index (χ4v) is 6.77. The molecule has 0 unspecified atom stereocenters. The fraction of sp³-hybridized carbons (Fsp3) is 0.429. The van der Waals surface area contributed by atoms with Crippen LogP contribution in [-0.2, 0) is 32.6 Å². The first-order chi connectivity index (χ1) is 20.5. The highest BCUT2D eigenvalue weighted by Gasteiger charge is 2.32. The van der Waals surface area contributed by atoms with Gasteiger partial charge in [-0.15, -0.1) is 0 Å². The van der Waals surface area contributed by atoms with E-state index in [0.29, 0.717) is 25.1 Å². The van der Waals surface area contributed by atoms with Crippen LogP contribution in [0.4, 0.5) is 5.69 Å². The number of hydrogen-bond acceptors (Lipinski definition) is 4. The Bertz CT molecular complexity index is 1500. The quantitative estimate of drug-likeness (QED) is 0.265. The van der Waals surface area contributed by atoms with Crippen molar-refractivity contribution in [3.8, 4) is 0 Å². The van der Waals surface area contributed by atoms with E-state index in [1.165, 1.54) is 10.6 Å². The van der Waals surface area contributed by atoms with Gasteiger partial charge in [-0.3, -0.25) is 13.9 Å². The fourth-order valence-electron chi connectivity index (χ4n) is 5.81. The molecule has 8 heteroatoms. The minimum absolute atomic E-state index is 0.116. The van der Waals surface area contributed by atoms with E-state index in [1.807, 2.05) is 87.5 Å². The molecule has 0 bridgehead atoms. The molecule has 0 aromatic heterocycles. The Hall–Kier alpha value is -3.65. The van der Waals surface area contributed by atoms with Crippen molar-refractivity contribution >= 4 is 27.5 Å². The Morgan fingerprint density at radius 3 is 2.23 bits per heavy atom. The summed E-state index contributed by atoms with van der Waals surface area (Å²) in [4.78, 5) is 29.6. The number of nitrogens with zero attached hydrogens (tertiary/aromatic N) is 2. The van der Waals surface area contributed by atoms with E-state index in [0.717, 1.165) is 53.5 Å². The van der Waals surface area contributed by atoms with Gasteiger partial charge in [0.05, 0.1) is 11.9 Å². The number of benzene rings is 3. The average Bonchev–Trinajstić information content (AvgIpc) is 3.47. The Morgan fingerprint density at radius 1 is 0.884 bits per heavy atom. The van der Waals surface area contributed by atoms with E-state index >= 15 is 0 Å². The van der Waals surface area contributed by atoms with Gasteiger partial charge in [0.2, 0.25) is 21.8 Å². The van der Waals surface area contributed by atoms with Crippen LogP contribution in [0.1, 0.15) is 66.3 Å². The van der Waals surface area contributed by atoms with Crippen molar-refractivity contribution in [2.24, 2.45) is 0 Å². The van der Waals surface area contributed by atoms with Crippen LogP contribution in [0.5, 0.6) is 0 Å². The van der Waals surface area contributed by atoms with Crippen LogP contribution in [0.3, 0.4) is 0 Å². The minimum atomic E-state index is -3.56. The summed E-state index contributed by atoms with van der Waals surface area (Å²) in [6.45, 7) is 6.41. The molecular formula is C35H45N3O4S. The Morgan fingerprint density at radius 2 is 1.58 bits per heavy atom. The van der Waals surface area contributed by atoms with Crippen molar-refractivity contribution in [1.29, 1.82) is 0 Å². The van der Waals surface area contributed by atoms with E-state index in [-0.39, 0.29) is 30.8 Å². The molecule has 7 nitrogen and oxygen atoms in total. The van der Waals surface area contributed by atoms with Gasteiger partial charge in [0.15, 0.2) is 0 Å². The lowest BCUT2D eigenvalue weighted by Gasteiger charge is -2.33. The molecule has 0 aliphatic heterocycles. The highest BCUT2D eigenvalue weighted by atomic mass is 32.2. The summed E-state index contributed by atoms with van der Waals surface area (Å²) in [5.41, 5.74) is 5.69. The van der Waals surface area contributed by atoms with Gasteiger partial charge in [0.25, 0.3) is 0 Å². The van der Waals surface area contributed by atoms with Gasteiger partial charge >= 0.3 is 0 Å². The summed E-state index contributed by atoms with van der Waals surface area (Å²) in [5, 5.41) is 3.24. The van der Waals surface area contributed by atoms with E-state index in [9.17, 15) is 18.0 Å². The molecule has 0 saturated heterocycles. The maximum absolute atomic E-state index is 14.1. The van der Waals surface area contributed by atoms with E-state index in [4.69, 9.17) is 0 Å². The molecule has 1 N–H and O–H groups in total. The lowest BCUT2D eigenvalue weighted by atomic mass is 10.0. The molecule has 0 heterocycles. The molecule has 1 fully saturated rings.